The van der Waals surface area contributed by atoms with Gasteiger partial charge in [0.05, 0.1) is 23.0 Å². The molecule has 6 heteroatoms. The van der Waals surface area contributed by atoms with Gasteiger partial charge in [-0.25, -0.2) is 0 Å². The van der Waals surface area contributed by atoms with E-state index in [1.165, 1.54) is 5.57 Å². The van der Waals surface area contributed by atoms with Crippen LogP contribution in [0.5, 0.6) is 0 Å². The second kappa shape index (κ2) is 7.82. The maximum Gasteiger partial charge on any atom is 0.282 e. The number of ether oxygens (including phenoxy) is 1. The third-order valence-electron chi connectivity index (χ3n) is 9.62. The zero-order valence-electron chi connectivity index (χ0n) is 19.7. The van der Waals surface area contributed by atoms with Crippen molar-refractivity contribution in [2.24, 2.45) is 28.6 Å². The first kappa shape index (κ1) is 23.2. The van der Waals surface area contributed by atoms with Crippen molar-refractivity contribution in [3.63, 3.8) is 0 Å². The van der Waals surface area contributed by atoms with Gasteiger partial charge in [-0.15, -0.1) is 11.6 Å². The summed E-state index contributed by atoms with van der Waals surface area (Å²) < 4.78 is 11.3. The maximum absolute atomic E-state index is 12.0. The van der Waals surface area contributed by atoms with Crippen molar-refractivity contribution in [1.29, 1.82) is 5.26 Å². The maximum atomic E-state index is 12.0. The van der Waals surface area contributed by atoms with Gasteiger partial charge in [0.1, 0.15) is 0 Å². The molecule has 4 rings (SSSR count). The highest BCUT2D eigenvalue weighted by Crippen LogP contribution is 2.68. The van der Waals surface area contributed by atoms with E-state index >= 15 is 0 Å². The quantitative estimate of drug-likeness (QED) is 0.305. The van der Waals surface area contributed by atoms with E-state index < -0.39 is 18.9 Å². The normalized spacial score (nSPS) is 42.8. The molecule has 0 aromatic carbocycles. The number of hydrogen-bond acceptors (Lipinski definition) is 4. The Morgan fingerprint density at radius 3 is 2.65 bits per heavy atom. The fraction of sp³-hybridized carbons (Fsp3) is 0.800. The number of alkyl halides is 1. The molecule has 4 nitrogen and oxygen atoms in total. The minimum Gasteiger partial charge on any atom is -0.498 e. The molecule has 3 unspecified atom stereocenters. The molecule has 4 aliphatic carbocycles. The molecule has 0 saturated heterocycles. The van der Waals surface area contributed by atoms with E-state index in [0.29, 0.717) is 24.2 Å². The third kappa shape index (κ3) is 3.31. The number of halogens is 1. The highest BCUT2D eigenvalue weighted by atomic mass is 35.5. The summed E-state index contributed by atoms with van der Waals surface area (Å²) in [5.74, 6) is 2.81. The minimum absolute atomic E-state index is 0.198. The van der Waals surface area contributed by atoms with Crippen molar-refractivity contribution < 1.29 is 14.3 Å². The van der Waals surface area contributed by atoms with Gasteiger partial charge >= 0.3 is 0 Å². The lowest BCUT2D eigenvalue weighted by Crippen LogP contribution is -2.63. The van der Waals surface area contributed by atoms with Crippen LogP contribution in [0.1, 0.15) is 65.7 Å². The summed E-state index contributed by atoms with van der Waals surface area (Å²) in [5.41, 5.74) is 0.457. The molecular formula is C25H38ClNO3Si. The largest absolute Gasteiger partial charge is 0.498 e. The summed E-state index contributed by atoms with van der Waals surface area (Å²) in [6.07, 6.45) is 13.7. The first-order valence-corrected chi connectivity index (χ1v) is 15.4. The van der Waals surface area contributed by atoms with Crippen molar-refractivity contribution in [3.8, 4) is 6.26 Å². The smallest absolute Gasteiger partial charge is 0.282 e. The van der Waals surface area contributed by atoms with Gasteiger partial charge in [0.2, 0.25) is 0 Å². The van der Waals surface area contributed by atoms with Crippen LogP contribution >= 0.6 is 11.6 Å². The number of hydrogen-bond donors (Lipinski definition) is 1. The molecule has 0 amide bonds. The first-order valence-electron chi connectivity index (χ1n) is 12.0. The minimum atomic E-state index is -2.55. The average molecular weight is 464 g/mol. The molecule has 0 heterocycles. The van der Waals surface area contributed by atoms with E-state index in [-0.39, 0.29) is 10.8 Å². The molecule has 0 radical (unpaired) electrons. The highest BCUT2D eigenvalue weighted by Gasteiger charge is 2.67. The van der Waals surface area contributed by atoms with Crippen LogP contribution < -0.4 is 0 Å². The molecule has 0 bridgehead atoms. The Morgan fingerprint density at radius 1 is 1.26 bits per heavy atom. The second-order valence-corrected chi connectivity index (χ2v) is 16.1. The van der Waals surface area contributed by atoms with Crippen LogP contribution in [0.2, 0.25) is 13.1 Å². The zero-order valence-corrected chi connectivity index (χ0v) is 21.5. The number of rotatable bonds is 5. The Balaban J connectivity index is 1.64. The summed E-state index contributed by atoms with van der Waals surface area (Å²) in [6, 6.07) is 0. The van der Waals surface area contributed by atoms with E-state index in [4.69, 9.17) is 26.0 Å². The van der Waals surface area contributed by atoms with E-state index in [0.717, 1.165) is 50.9 Å². The molecule has 0 spiro atoms. The van der Waals surface area contributed by atoms with Crippen molar-refractivity contribution in [2.75, 3.05) is 6.61 Å². The molecular weight excluding hydrogens is 426 g/mol. The Kier molecular flexibility index (Phi) is 5.85. The fourth-order valence-electron chi connectivity index (χ4n) is 7.81. The van der Waals surface area contributed by atoms with Gasteiger partial charge in [-0.05, 0) is 93.4 Å². The monoisotopic (exact) mass is 463 g/mol. The Labute approximate surface area is 193 Å². The van der Waals surface area contributed by atoms with Gasteiger partial charge in [0, 0.05) is 11.8 Å². The zero-order chi connectivity index (χ0) is 22.7. The van der Waals surface area contributed by atoms with Crippen LogP contribution in [0.3, 0.4) is 0 Å². The molecule has 172 valence electrons. The average Bonchev–Trinajstić information content (AvgIpc) is 3.00. The summed E-state index contributed by atoms with van der Waals surface area (Å²) in [6.45, 7) is 11.4. The molecule has 0 aromatic heterocycles. The van der Waals surface area contributed by atoms with Crippen molar-refractivity contribution >= 4 is 19.9 Å². The van der Waals surface area contributed by atoms with Crippen molar-refractivity contribution in [3.05, 3.63) is 23.5 Å². The van der Waals surface area contributed by atoms with Crippen LogP contribution in [0.4, 0.5) is 0 Å². The highest BCUT2D eigenvalue weighted by molar-refractivity contribution is 6.80. The lowest BCUT2D eigenvalue weighted by atomic mass is 9.47. The summed E-state index contributed by atoms with van der Waals surface area (Å²) in [7, 11) is -2.55. The first-order chi connectivity index (χ1) is 14.5. The van der Waals surface area contributed by atoms with Gasteiger partial charge in [-0.2, -0.15) is 5.26 Å². The summed E-state index contributed by atoms with van der Waals surface area (Å²) in [4.78, 5) is 0. The SMILES string of the molecule is CCOC1=CC2=CCC3C(CC[C@@]4(C)C3CC[C@]4(O)[C@H](Cl)[Si](C)(C)OC#N)[C@@]2(C)CC1. The summed E-state index contributed by atoms with van der Waals surface area (Å²) >= 11 is 6.97. The van der Waals surface area contributed by atoms with Crippen molar-refractivity contribution in [1.82, 2.24) is 0 Å². The molecule has 0 aliphatic heterocycles. The van der Waals surface area contributed by atoms with Crippen LogP contribution in [-0.4, -0.2) is 30.6 Å². The number of fused-ring (bicyclic) bond motifs is 5. The van der Waals surface area contributed by atoms with Gasteiger partial charge in [-0.1, -0.05) is 19.9 Å². The molecule has 7 atom stereocenters. The standard InChI is InChI=1S/C25H38ClNO3Si/c1-6-29-18-9-12-23(2)17(15-18)7-8-19-20(23)10-13-24(3)21(19)11-14-25(24,28)22(26)31(4,5)30-16-27/h7,15,19-22,28H,6,8-14H2,1-5H3/t19?,20?,21?,22-,23+,24+,25+/m1/s1. The lowest BCUT2D eigenvalue weighted by Gasteiger charge is -2.59. The predicted molar refractivity (Wildman–Crippen MR) is 126 cm³/mol. The second-order valence-electron chi connectivity index (χ2n) is 11.3. The van der Waals surface area contributed by atoms with E-state index in [9.17, 15) is 5.11 Å². The topological polar surface area (TPSA) is 62.5 Å². The summed E-state index contributed by atoms with van der Waals surface area (Å²) in [5, 5.41) is 20.7. The van der Waals surface area contributed by atoms with Crippen LogP contribution in [0, 0.1) is 40.1 Å². The number of nitriles is 1. The number of nitrogens with zero attached hydrogens (tertiary/aromatic N) is 1. The van der Waals surface area contributed by atoms with Crippen LogP contribution in [-0.2, 0) is 9.16 Å². The van der Waals surface area contributed by atoms with Crippen LogP contribution in [0.25, 0.3) is 0 Å². The molecule has 2 fully saturated rings. The Morgan fingerprint density at radius 2 is 1.97 bits per heavy atom. The molecule has 31 heavy (non-hydrogen) atoms. The Bertz CT molecular complexity index is 835. The predicted octanol–water partition coefficient (Wildman–Crippen LogP) is 6.06. The molecule has 4 aliphatic rings. The number of allylic oxidation sites excluding steroid dienone is 4. The molecule has 0 aromatic rings. The van der Waals surface area contributed by atoms with Crippen molar-refractivity contribution in [2.45, 2.75) is 89.4 Å². The molecule has 1 N–H and O–H groups in total. The molecule has 2 saturated carbocycles. The van der Waals surface area contributed by atoms with Crippen LogP contribution in [0.15, 0.2) is 23.5 Å². The lowest BCUT2D eigenvalue weighted by molar-refractivity contribution is -0.116. The third-order valence-corrected chi connectivity index (χ3v) is 13.9. The van der Waals surface area contributed by atoms with Gasteiger partial charge in [0.15, 0.2) is 0 Å². The van der Waals surface area contributed by atoms with Gasteiger partial charge in [-0.3, -0.25) is 0 Å². The van der Waals surface area contributed by atoms with E-state index in [1.807, 2.05) is 19.3 Å². The van der Waals surface area contributed by atoms with E-state index in [1.54, 1.807) is 0 Å². The van der Waals surface area contributed by atoms with Gasteiger partial charge < -0.3 is 14.3 Å². The van der Waals surface area contributed by atoms with Gasteiger partial charge in [0.25, 0.3) is 14.6 Å². The fourth-order valence-corrected chi connectivity index (χ4v) is 10.3. The van der Waals surface area contributed by atoms with E-state index in [2.05, 4.69) is 32.9 Å². The number of aliphatic hydroxyl groups is 1. The Hall–Kier alpha value is -0.963.